The largest absolute Gasteiger partial charge is 0.455 e. The Balaban J connectivity index is 1.28. The standard InChI is InChI=1S/C39H40O8/c1-23(2)39-32(44-29(41)18-12-11-15-26-13-7-5-8-14-26)25(4)36-21-38(47-39,27-16-9-6-10-17-27)46-34(39)30(36)33-35(22-40,45-33)20-37(43)28(36)19-24(3)31(37)42/h5-19,25,28,30,32-34,40,43H,1,20-22H2,2-4H3/b15-11+,18-12+/t25-,28+,30+,32-,33?,34-,35?,36-,37-,38?,39+/m1/s1. The maximum Gasteiger partial charge on any atom is 0.331 e. The molecule has 47 heavy (non-hydrogen) atoms. The highest BCUT2D eigenvalue weighted by Gasteiger charge is 2.87. The number of ether oxygens (including phenoxy) is 4. The SMILES string of the molecule is C=C(C)[C@]12OC3(c4ccccc4)C[C@]4([C@H](C)[C@H]1OC(=O)/C=C/C=C/c1ccccc1)[C@@H](C1OC1(CO)C[C@]1(O)C(=O)C(C)=C[C@@H]41)[C@H]2O3. The minimum Gasteiger partial charge on any atom is -0.455 e. The highest BCUT2D eigenvalue weighted by Crippen LogP contribution is 2.78. The van der Waals surface area contributed by atoms with Crippen molar-refractivity contribution in [3.05, 3.63) is 114 Å². The number of epoxide rings is 1. The number of carbonyl (C=O) groups excluding carboxylic acids is 2. The van der Waals surface area contributed by atoms with Crippen LogP contribution in [0.4, 0.5) is 0 Å². The van der Waals surface area contributed by atoms with Crippen LogP contribution in [0.1, 0.15) is 44.7 Å². The number of aliphatic hydroxyl groups is 2. The van der Waals surface area contributed by atoms with Crippen LogP contribution in [0, 0.1) is 23.2 Å². The van der Waals surface area contributed by atoms with Gasteiger partial charge in [0.25, 0.3) is 0 Å². The summed E-state index contributed by atoms with van der Waals surface area (Å²) in [6, 6.07) is 19.4. The molecule has 2 N–H and O–H groups in total. The second-order valence-corrected chi connectivity index (χ2v) is 14.4. The number of benzene rings is 2. The van der Waals surface area contributed by atoms with E-state index in [0.29, 0.717) is 11.1 Å². The van der Waals surface area contributed by atoms with Crippen LogP contribution in [-0.2, 0) is 34.3 Å². The first-order chi connectivity index (χ1) is 22.5. The van der Waals surface area contributed by atoms with Gasteiger partial charge in [0.05, 0.1) is 12.7 Å². The van der Waals surface area contributed by atoms with E-state index >= 15 is 0 Å². The van der Waals surface area contributed by atoms with Gasteiger partial charge in [0.15, 0.2) is 17.2 Å². The molecule has 8 nitrogen and oxygen atoms in total. The smallest absolute Gasteiger partial charge is 0.331 e. The Morgan fingerprint density at radius 1 is 1.04 bits per heavy atom. The van der Waals surface area contributed by atoms with E-state index in [2.05, 4.69) is 6.58 Å². The number of allylic oxidation sites excluding steroid dienone is 2. The quantitative estimate of drug-likeness (QED) is 0.146. The van der Waals surface area contributed by atoms with E-state index in [1.807, 2.05) is 86.7 Å². The third-order valence-electron chi connectivity index (χ3n) is 12.1. The fourth-order valence-corrected chi connectivity index (χ4v) is 10.1. The molecule has 2 aromatic carbocycles. The predicted octanol–water partition coefficient (Wildman–Crippen LogP) is 4.82. The molecule has 0 radical (unpaired) electrons. The number of aliphatic hydroxyl groups excluding tert-OH is 1. The van der Waals surface area contributed by atoms with E-state index in [-0.39, 0.29) is 25.2 Å². The average Bonchev–Trinajstić information content (AvgIpc) is 3.65. The maximum absolute atomic E-state index is 13.9. The lowest BCUT2D eigenvalue weighted by atomic mass is 9.45. The number of Topliss-reactive ketones (excluding diaryl/α,β-unsaturated/α-hetero) is 1. The summed E-state index contributed by atoms with van der Waals surface area (Å²) in [6.45, 7) is 9.67. The van der Waals surface area contributed by atoms with Crippen molar-refractivity contribution in [1.82, 2.24) is 0 Å². The summed E-state index contributed by atoms with van der Waals surface area (Å²) in [5.74, 6) is -3.71. The van der Waals surface area contributed by atoms with E-state index in [1.54, 1.807) is 19.1 Å². The average molecular weight is 637 g/mol. The number of fused-ring (bicyclic) bond motifs is 3. The number of hydrogen-bond donors (Lipinski definition) is 2. The minimum absolute atomic E-state index is 0.0313. The van der Waals surface area contributed by atoms with Gasteiger partial charge < -0.3 is 29.2 Å². The molecule has 3 unspecified atom stereocenters. The van der Waals surface area contributed by atoms with Gasteiger partial charge >= 0.3 is 5.97 Å². The van der Waals surface area contributed by atoms with Crippen LogP contribution < -0.4 is 0 Å². The van der Waals surface area contributed by atoms with Crippen molar-refractivity contribution >= 4 is 17.8 Å². The first-order valence-electron chi connectivity index (χ1n) is 16.4. The topological polar surface area (TPSA) is 115 Å². The molecule has 0 spiro atoms. The number of carbonyl (C=O) groups is 2. The fourth-order valence-electron chi connectivity index (χ4n) is 10.1. The summed E-state index contributed by atoms with van der Waals surface area (Å²) in [5.41, 5.74) is -2.20. The Kier molecular flexibility index (Phi) is 6.64. The Bertz CT molecular complexity index is 1750. The first-order valence-corrected chi connectivity index (χ1v) is 16.4. The molecule has 244 valence electrons. The van der Waals surface area contributed by atoms with Crippen LogP contribution in [0.2, 0.25) is 0 Å². The van der Waals surface area contributed by atoms with E-state index in [9.17, 15) is 19.8 Å². The van der Waals surface area contributed by atoms with Crippen LogP contribution in [0.5, 0.6) is 0 Å². The molecule has 3 heterocycles. The summed E-state index contributed by atoms with van der Waals surface area (Å²) in [6.07, 6.45) is 6.75. The van der Waals surface area contributed by atoms with Crippen molar-refractivity contribution < 1.29 is 38.7 Å². The summed E-state index contributed by atoms with van der Waals surface area (Å²) in [7, 11) is 0. The van der Waals surface area contributed by atoms with Gasteiger partial charge in [-0.3, -0.25) is 4.79 Å². The van der Waals surface area contributed by atoms with Crippen molar-refractivity contribution in [2.45, 2.75) is 74.5 Å². The van der Waals surface area contributed by atoms with Crippen molar-refractivity contribution in [2.24, 2.45) is 23.2 Å². The molecule has 2 saturated carbocycles. The highest BCUT2D eigenvalue weighted by atomic mass is 16.8. The Hall–Kier alpha value is -3.66. The lowest BCUT2D eigenvalue weighted by Gasteiger charge is -2.62. The molecule has 3 aliphatic heterocycles. The third-order valence-corrected chi connectivity index (χ3v) is 12.1. The molecule has 8 heteroatoms. The number of ketones is 1. The zero-order valence-corrected chi connectivity index (χ0v) is 26.8. The van der Waals surface area contributed by atoms with Gasteiger partial charge in [0, 0.05) is 42.2 Å². The van der Waals surface area contributed by atoms with Crippen molar-refractivity contribution in [1.29, 1.82) is 0 Å². The van der Waals surface area contributed by atoms with Gasteiger partial charge in [-0.1, -0.05) is 98.5 Å². The van der Waals surface area contributed by atoms with E-state index in [4.69, 9.17) is 18.9 Å². The molecule has 2 aromatic rings. The van der Waals surface area contributed by atoms with E-state index in [0.717, 1.165) is 11.1 Å². The number of esters is 1. The highest BCUT2D eigenvalue weighted by molar-refractivity contribution is 6.04. The second-order valence-electron chi connectivity index (χ2n) is 14.4. The Morgan fingerprint density at radius 2 is 1.74 bits per heavy atom. The molecular weight excluding hydrogens is 596 g/mol. The van der Waals surface area contributed by atoms with Gasteiger partial charge in [-0.15, -0.1) is 0 Å². The van der Waals surface area contributed by atoms with E-state index in [1.165, 1.54) is 6.08 Å². The van der Waals surface area contributed by atoms with Crippen LogP contribution in [0.3, 0.4) is 0 Å². The molecule has 0 aromatic heterocycles. The first kappa shape index (κ1) is 30.7. The summed E-state index contributed by atoms with van der Waals surface area (Å²) >= 11 is 0. The van der Waals surface area contributed by atoms with Gasteiger partial charge in [-0.05, 0) is 36.0 Å². The van der Waals surface area contributed by atoms with Crippen LogP contribution in [0.15, 0.2) is 103 Å². The number of rotatable bonds is 7. The summed E-state index contributed by atoms with van der Waals surface area (Å²) < 4.78 is 27.1. The lowest BCUT2D eigenvalue weighted by molar-refractivity contribution is -0.273. The van der Waals surface area contributed by atoms with Crippen LogP contribution >= 0.6 is 0 Å². The van der Waals surface area contributed by atoms with E-state index < -0.39 is 70.0 Å². The molecule has 3 bridgehead atoms. The summed E-state index contributed by atoms with van der Waals surface area (Å²) in [5, 5.41) is 23.2. The fraction of sp³-hybridized carbons (Fsp3) is 0.436. The minimum atomic E-state index is -1.82. The molecular formula is C39H40O8. The second kappa shape index (κ2) is 10.2. The third kappa shape index (κ3) is 3.93. The molecule has 8 rings (SSSR count). The van der Waals surface area contributed by atoms with Crippen molar-refractivity contribution in [3.63, 3.8) is 0 Å². The Labute approximate surface area is 274 Å². The van der Waals surface area contributed by atoms with Crippen LogP contribution in [0.25, 0.3) is 6.08 Å². The van der Waals surface area contributed by atoms with Crippen molar-refractivity contribution in [2.75, 3.05) is 6.61 Å². The number of hydrogen-bond acceptors (Lipinski definition) is 8. The molecule has 0 amide bonds. The Morgan fingerprint density at radius 3 is 2.43 bits per heavy atom. The molecule has 5 fully saturated rings. The molecule has 3 aliphatic carbocycles. The van der Waals surface area contributed by atoms with Gasteiger partial charge in [-0.25, -0.2) is 4.79 Å². The summed E-state index contributed by atoms with van der Waals surface area (Å²) in [4.78, 5) is 27.5. The van der Waals surface area contributed by atoms with Gasteiger partial charge in [0.1, 0.15) is 23.4 Å². The maximum atomic E-state index is 13.9. The zero-order chi connectivity index (χ0) is 33.0. The van der Waals surface area contributed by atoms with Gasteiger partial charge in [0.2, 0.25) is 0 Å². The monoisotopic (exact) mass is 636 g/mol. The van der Waals surface area contributed by atoms with Crippen LogP contribution in [-0.4, -0.2) is 63.7 Å². The normalized spacial score (nSPS) is 44.1. The lowest BCUT2D eigenvalue weighted by Crippen LogP contribution is -2.72. The molecule has 3 saturated heterocycles. The molecule has 11 atom stereocenters. The van der Waals surface area contributed by atoms with Crippen molar-refractivity contribution in [3.8, 4) is 0 Å². The molecule has 6 aliphatic rings. The van der Waals surface area contributed by atoms with Gasteiger partial charge in [-0.2, -0.15) is 0 Å². The predicted molar refractivity (Wildman–Crippen MR) is 172 cm³/mol. The zero-order valence-electron chi connectivity index (χ0n) is 26.8.